The summed E-state index contributed by atoms with van der Waals surface area (Å²) in [7, 11) is 2.12. The summed E-state index contributed by atoms with van der Waals surface area (Å²) in [5, 5.41) is 0. The van der Waals surface area contributed by atoms with Crippen molar-refractivity contribution in [2.24, 2.45) is 0 Å². The summed E-state index contributed by atoms with van der Waals surface area (Å²) in [6.07, 6.45) is 1.04. The van der Waals surface area contributed by atoms with E-state index < -0.39 is 0 Å². The molecule has 1 aromatic carbocycles. The van der Waals surface area contributed by atoms with E-state index in [2.05, 4.69) is 58.4 Å². The molecule has 0 fully saturated rings. The number of allylic oxidation sites excluding steroid dienone is 1. The summed E-state index contributed by atoms with van der Waals surface area (Å²) in [5.74, 6) is 0. The fourth-order valence-corrected chi connectivity index (χ4v) is 2.98. The number of benzene rings is 1. The molecule has 16 heavy (non-hydrogen) atoms. The SMILES string of the molecule is C=C1CC(C)(C)c2c(C)cc(C)cc2N1C. The Hall–Kier alpha value is -1.24. The number of rotatable bonds is 0. The van der Waals surface area contributed by atoms with Gasteiger partial charge < -0.3 is 4.90 Å². The molecule has 86 valence electrons. The molecule has 1 aliphatic rings. The Kier molecular flexibility index (Phi) is 2.37. The van der Waals surface area contributed by atoms with Gasteiger partial charge in [0.2, 0.25) is 0 Å². The third-order valence-corrected chi connectivity index (χ3v) is 3.62. The fourth-order valence-electron chi connectivity index (χ4n) is 2.98. The number of nitrogens with zero attached hydrogens (tertiary/aromatic N) is 1. The molecule has 0 atom stereocenters. The first-order valence-corrected chi connectivity index (χ1v) is 5.86. The molecule has 0 bridgehead atoms. The third kappa shape index (κ3) is 1.55. The lowest BCUT2D eigenvalue weighted by molar-refractivity contribution is 0.496. The Balaban J connectivity index is 2.73. The molecule has 1 heteroatoms. The molecule has 2 rings (SSSR count). The zero-order valence-electron chi connectivity index (χ0n) is 11.0. The van der Waals surface area contributed by atoms with Crippen LogP contribution in [-0.4, -0.2) is 7.05 Å². The molecular formula is C15H21N. The summed E-state index contributed by atoms with van der Waals surface area (Å²) < 4.78 is 0. The summed E-state index contributed by atoms with van der Waals surface area (Å²) in [6, 6.07) is 4.55. The van der Waals surface area contributed by atoms with Crippen molar-refractivity contribution in [3.05, 3.63) is 41.1 Å². The number of anilines is 1. The molecule has 0 aliphatic carbocycles. The van der Waals surface area contributed by atoms with Gasteiger partial charge in [0.15, 0.2) is 0 Å². The van der Waals surface area contributed by atoms with Gasteiger partial charge >= 0.3 is 0 Å². The zero-order chi connectivity index (χ0) is 12.1. The lowest BCUT2D eigenvalue weighted by atomic mass is 9.74. The predicted octanol–water partition coefficient (Wildman–Crippen LogP) is 3.93. The van der Waals surface area contributed by atoms with E-state index in [4.69, 9.17) is 0 Å². The van der Waals surface area contributed by atoms with Gasteiger partial charge in [-0.15, -0.1) is 0 Å². The Morgan fingerprint density at radius 2 is 1.88 bits per heavy atom. The van der Waals surface area contributed by atoms with Gasteiger partial charge in [-0.05, 0) is 48.4 Å². The molecule has 0 amide bonds. The van der Waals surface area contributed by atoms with Crippen molar-refractivity contribution < 1.29 is 0 Å². The van der Waals surface area contributed by atoms with Gasteiger partial charge in [0.25, 0.3) is 0 Å². The van der Waals surface area contributed by atoms with Gasteiger partial charge in [-0.2, -0.15) is 0 Å². The van der Waals surface area contributed by atoms with E-state index in [-0.39, 0.29) is 5.41 Å². The van der Waals surface area contributed by atoms with Crippen molar-refractivity contribution in [1.29, 1.82) is 0 Å². The molecule has 0 N–H and O–H groups in total. The maximum absolute atomic E-state index is 4.17. The second-order valence-corrected chi connectivity index (χ2v) is 5.66. The summed E-state index contributed by atoms with van der Waals surface area (Å²) in [4.78, 5) is 2.24. The number of hydrogen-bond acceptors (Lipinski definition) is 1. The molecule has 0 unspecified atom stereocenters. The smallest absolute Gasteiger partial charge is 0.0448 e. The predicted molar refractivity (Wildman–Crippen MR) is 71.1 cm³/mol. The highest BCUT2D eigenvalue weighted by molar-refractivity contribution is 5.66. The minimum Gasteiger partial charge on any atom is -0.348 e. The number of hydrogen-bond donors (Lipinski definition) is 0. The number of aryl methyl sites for hydroxylation is 2. The monoisotopic (exact) mass is 215 g/mol. The normalized spacial score (nSPS) is 18.6. The first-order chi connectivity index (χ1) is 7.33. The quantitative estimate of drug-likeness (QED) is 0.633. The van der Waals surface area contributed by atoms with Crippen LogP contribution in [0.25, 0.3) is 0 Å². The van der Waals surface area contributed by atoms with Crippen LogP contribution in [0.2, 0.25) is 0 Å². The topological polar surface area (TPSA) is 3.24 Å². The van der Waals surface area contributed by atoms with Crippen LogP contribution in [0.5, 0.6) is 0 Å². The fraction of sp³-hybridized carbons (Fsp3) is 0.467. The highest BCUT2D eigenvalue weighted by Gasteiger charge is 2.33. The van der Waals surface area contributed by atoms with Gasteiger partial charge in [0, 0.05) is 18.4 Å². The number of fused-ring (bicyclic) bond motifs is 1. The second kappa shape index (κ2) is 3.38. The van der Waals surface area contributed by atoms with Crippen LogP contribution in [0, 0.1) is 13.8 Å². The lowest BCUT2D eigenvalue weighted by Gasteiger charge is -2.41. The minimum atomic E-state index is 0.205. The Morgan fingerprint density at radius 1 is 1.25 bits per heavy atom. The highest BCUT2D eigenvalue weighted by Crippen LogP contribution is 2.44. The molecule has 1 heterocycles. The standard InChI is InChI=1S/C15H21N/c1-10-7-11(2)14-13(8-10)16(6)12(3)9-15(14,4)5/h7-8H,3,9H2,1-2,4-6H3. The van der Waals surface area contributed by atoms with Crippen LogP contribution in [0.4, 0.5) is 5.69 Å². The largest absolute Gasteiger partial charge is 0.348 e. The van der Waals surface area contributed by atoms with Gasteiger partial charge in [0.05, 0.1) is 0 Å². The molecule has 0 saturated carbocycles. The van der Waals surface area contributed by atoms with E-state index in [1.165, 1.54) is 28.1 Å². The van der Waals surface area contributed by atoms with Crippen molar-refractivity contribution >= 4 is 5.69 Å². The Morgan fingerprint density at radius 3 is 2.50 bits per heavy atom. The van der Waals surface area contributed by atoms with Crippen molar-refractivity contribution in [3.8, 4) is 0 Å². The van der Waals surface area contributed by atoms with E-state index in [1.54, 1.807) is 0 Å². The van der Waals surface area contributed by atoms with Crippen LogP contribution in [0.15, 0.2) is 24.4 Å². The first kappa shape index (κ1) is 11.3. The van der Waals surface area contributed by atoms with Crippen LogP contribution in [0.1, 0.15) is 37.0 Å². The summed E-state index contributed by atoms with van der Waals surface area (Å²) in [5.41, 5.74) is 6.96. The molecule has 1 aliphatic heterocycles. The van der Waals surface area contributed by atoms with Gasteiger partial charge in [0.1, 0.15) is 0 Å². The van der Waals surface area contributed by atoms with Crippen LogP contribution in [0.3, 0.4) is 0 Å². The third-order valence-electron chi connectivity index (χ3n) is 3.62. The zero-order valence-corrected chi connectivity index (χ0v) is 11.0. The molecular weight excluding hydrogens is 194 g/mol. The van der Waals surface area contributed by atoms with Crippen molar-refractivity contribution in [2.75, 3.05) is 11.9 Å². The van der Waals surface area contributed by atoms with E-state index in [0.717, 1.165) is 6.42 Å². The molecule has 0 aromatic heterocycles. The van der Waals surface area contributed by atoms with Crippen LogP contribution in [-0.2, 0) is 5.41 Å². The van der Waals surface area contributed by atoms with Crippen molar-refractivity contribution in [1.82, 2.24) is 0 Å². The molecule has 0 saturated heterocycles. The van der Waals surface area contributed by atoms with Gasteiger partial charge in [-0.3, -0.25) is 0 Å². The average molecular weight is 215 g/mol. The van der Waals surface area contributed by atoms with Crippen LogP contribution >= 0.6 is 0 Å². The molecule has 0 radical (unpaired) electrons. The van der Waals surface area contributed by atoms with Crippen LogP contribution < -0.4 is 4.90 Å². The molecule has 1 nitrogen and oxygen atoms in total. The maximum atomic E-state index is 4.17. The summed E-state index contributed by atoms with van der Waals surface area (Å²) >= 11 is 0. The van der Waals surface area contributed by atoms with Crippen molar-refractivity contribution in [2.45, 2.75) is 39.5 Å². The van der Waals surface area contributed by atoms with Crippen molar-refractivity contribution in [3.63, 3.8) is 0 Å². The molecule has 1 aromatic rings. The maximum Gasteiger partial charge on any atom is 0.0448 e. The Labute approximate surface area is 98.8 Å². The molecule has 0 spiro atoms. The first-order valence-electron chi connectivity index (χ1n) is 5.86. The van der Waals surface area contributed by atoms with E-state index in [0.29, 0.717) is 0 Å². The average Bonchev–Trinajstić information content (AvgIpc) is 2.11. The lowest BCUT2D eigenvalue weighted by Crippen LogP contribution is -2.33. The van der Waals surface area contributed by atoms with E-state index >= 15 is 0 Å². The van der Waals surface area contributed by atoms with Gasteiger partial charge in [-0.25, -0.2) is 0 Å². The minimum absolute atomic E-state index is 0.205. The highest BCUT2D eigenvalue weighted by atomic mass is 15.1. The van der Waals surface area contributed by atoms with E-state index in [1.807, 2.05) is 0 Å². The second-order valence-electron chi connectivity index (χ2n) is 5.66. The Bertz CT molecular complexity index is 455. The van der Waals surface area contributed by atoms with Gasteiger partial charge in [-0.1, -0.05) is 26.5 Å². The summed E-state index contributed by atoms with van der Waals surface area (Å²) in [6.45, 7) is 13.2. The van der Waals surface area contributed by atoms with E-state index in [9.17, 15) is 0 Å².